The van der Waals surface area contributed by atoms with Gasteiger partial charge in [-0.1, -0.05) is 0 Å². The highest BCUT2D eigenvalue weighted by Crippen LogP contribution is 2.31. The first-order chi connectivity index (χ1) is 15.4. The predicted octanol–water partition coefficient (Wildman–Crippen LogP) is 3.53. The molecule has 1 aliphatic heterocycles. The van der Waals surface area contributed by atoms with Crippen molar-refractivity contribution in [3.05, 3.63) is 40.7 Å². The normalized spacial score (nSPS) is 13.8. The molecule has 0 saturated carbocycles. The van der Waals surface area contributed by atoms with Gasteiger partial charge in [0.1, 0.15) is 23.4 Å². The molecule has 2 aromatic heterocycles. The van der Waals surface area contributed by atoms with E-state index in [1.54, 1.807) is 7.11 Å². The van der Waals surface area contributed by atoms with Crippen molar-refractivity contribution >= 4 is 29.6 Å². The Morgan fingerprint density at radius 1 is 1.44 bits per heavy atom. The van der Waals surface area contributed by atoms with E-state index in [4.69, 9.17) is 4.74 Å². The van der Waals surface area contributed by atoms with Crippen molar-refractivity contribution in [1.82, 2.24) is 9.97 Å². The average molecular weight is 444 g/mol. The van der Waals surface area contributed by atoms with E-state index in [0.717, 1.165) is 0 Å². The number of pyridine rings is 2. The Balaban J connectivity index is 1.86. The van der Waals surface area contributed by atoms with Crippen LogP contribution < -0.4 is 15.5 Å². The van der Waals surface area contributed by atoms with Gasteiger partial charge in [-0.15, -0.1) is 0 Å². The van der Waals surface area contributed by atoms with E-state index in [0.29, 0.717) is 42.8 Å². The van der Waals surface area contributed by atoms with Crippen molar-refractivity contribution in [1.29, 1.82) is 5.26 Å². The maximum Gasteiger partial charge on any atom is 0.328 e. The molecule has 3 rings (SSSR count). The van der Waals surface area contributed by atoms with Crippen LogP contribution in [-0.4, -0.2) is 48.6 Å². The molecular formula is C21H22F2N6O3. The van der Waals surface area contributed by atoms with E-state index in [1.807, 2.05) is 13.0 Å². The van der Waals surface area contributed by atoms with Gasteiger partial charge in [0.05, 0.1) is 17.9 Å². The van der Waals surface area contributed by atoms with Crippen LogP contribution in [0.15, 0.2) is 18.3 Å². The summed E-state index contributed by atoms with van der Waals surface area (Å²) >= 11 is 0. The topological polar surface area (TPSA) is 120 Å². The molecule has 0 unspecified atom stereocenters. The van der Waals surface area contributed by atoms with Gasteiger partial charge < -0.3 is 10.1 Å². The van der Waals surface area contributed by atoms with Gasteiger partial charge in [0.15, 0.2) is 6.29 Å². The van der Waals surface area contributed by atoms with Crippen LogP contribution in [0, 0.1) is 11.3 Å². The number of fused-ring (bicyclic) bond motifs is 1. The second-order valence-corrected chi connectivity index (χ2v) is 7.28. The molecule has 2 N–H and O–H groups in total. The first kappa shape index (κ1) is 23.0. The Kier molecular flexibility index (Phi) is 7.27. The Bertz CT molecular complexity index is 1060. The molecule has 11 heteroatoms. The fraction of sp³-hybridized carbons (Fsp3) is 0.381. The van der Waals surface area contributed by atoms with Crippen molar-refractivity contribution < 1.29 is 23.1 Å². The molecule has 0 fully saturated rings. The Morgan fingerprint density at radius 2 is 2.22 bits per heavy atom. The van der Waals surface area contributed by atoms with Crippen LogP contribution in [0.2, 0.25) is 0 Å². The summed E-state index contributed by atoms with van der Waals surface area (Å²) in [6.45, 7) is 2.58. The molecular weight excluding hydrogens is 422 g/mol. The number of ether oxygens (including phenoxy) is 1. The highest BCUT2D eigenvalue weighted by Gasteiger charge is 2.28. The summed E-state index contributed by atoms with van der Waals surface area (Å²) in [6.07, 6.45) is -0.238. The van der Waals surface area contributed by atoms with Crippen molar-refractivity contribution in [2.24, 2.45) is 0 Å². The van der Waals surface area contributed by atoms with E-state index in [2.05, 4.69) is 20.6 Å². The van der Waals surface area contributed by atoms with Crippen molar-refractivity contribution in [3.8, 4) is 6.07 Å². The number of carbonyl (C=O) groups is 2. The Labute approximate surface area is 183 Å². The van der Waals surface area contributed by atoms with Gasteiger partial charge in [-0.3, -0.25) is 15.0 Å². The molecule has 32 heavy (non-hydrogen) atoms. The predicted molar refractivity (Wildman–Crippen MR) is 113 cm³/mol. The van der Waals surface area contributed by atoms with E-state index >= 15 is 0 Å². The maximum absolute atomic E-state index is 13.2. The number of nitriles is 1. The maximum atomic E-state index is 13.2. The average Bonchev–Trinajstić information content (AvgIpc) is 2.77. The van der Waals surface area contributed by atoms with Crippen molar-refractivity contribution in [2.75, 3.05) is 35.8 Å². The van der Waals surface area contributed by atoms with Crippen LogP contribution in [0.3, 0.4) is 0 Å². The number of carbonyl (C=O) groups excluding carboxylic acids is 2. The molecule has 0 saturated heterocycles. The largest absolute Gasteiger partial charge is 0.383 e. The lowest BCUT2D eigenvalue weighted by Gasteiger charge is -2.29. The lowest BCUT2D eigenvalue weighted by molar-refractivity contribution is 0.110. The highest BCUT2D eigenvalue weighted by atomic mass is 19.3. The number of aryl methyl sites for hydroxylation is 1. The minimum atomic E-state index is -2.84. The lowest BCUT2D eigenvalue weighted by atomic mass is 10.0. The Hall–Kier alpha value is -3.65. The van der Waals surface area contributed by atoms with E-state index in [-0.39, 0.29) is 24.0 Å². The summed E-state index contributed by atoms with van der Waals surface area (Å²) in [7, 11) is 1.56. The first-order valence-corrected chi connectivity index (χ1v) is 9.89. The van der Waals surface area contributed by atoms with Crippen LogP contribution in [0.25, 0.3) is 0 Å². The molecule has 9 nitrogen and oxygen atoms in total. The van der Waals surface area contributed by atoms with Crippen molar-refractivity contribution in [3.63, 3.8) is 0 Å². The zero-order valence-corrected chi connectivity index (χ0v) is 17.6. The molecule has 2 amide bonds. The summed E-state index contributed by atoms with van der Waals surface area (Å²) in [5, 5.41) is 15.1. The quantitative estimate of drug-likeness (QED) is 0.627. The van der Waals surface area contributed by atoms with Gasteiger partial charge in [-0.25, -0.2) is 23.5 Å². The zero-order valence-electron chi connectivity index (χ0n) is 17.6. The number of alkyl halides is 2. The molecule has 168 valence electrons. The number of hydrogen-bond donors (Lipinski definition) is 2. The second kappa shape index (κ2) is 10.1. The molecule has 3 heterocycles. The van der Waals surface area contributed by atoms with E-state index in [9.17, 15) is 23.6 Å². The number of hydrogen-bond acceptors (Lipinski definition) is 7. The minimum Gasteiger partial charge on any atom is -0.383 e. The number of nitrogens with one attached hydrogen (secondary N) is 2. The van der Waals surface area contributed by atoms with Gasteiger partial charge in [0.25, 0.3) is 6.43 Å². The first-order valence-electron chi connectivity index (χ1n) is 9.89. The van der Waals surface area contributed by atoms with Crippen LogP contribution in [0.4, 0.5) is 30.9 Å². The minimum absolute atomic E-state index is 0.0954. The molecule has 2 aromatic rings. The number of anilines is 3. The molecule has 1 aliphatic rings. The fourth-order valence-corrected chi connectivity index (χ4v) is 3.46. The number of nitrogens with zero attached hydrogens (tertiary/aromatic N) is 4. The van der Waals surface area contributed by atoms with Crippen LogP contribution in [-0.2, 0) is 11.2 Å². The van der Waals surface area contributed by atoms with Gasteiger partial charge in [-0.05, 0) is 31.4 Å². The smallest absolute Gasteiger partial charge is 0.328 e. The number of methoxy groups -OCH3 is 1. The summed E-state index contributed by atoms with van der Waals surface area (Å²) < 4.78 is 31.5. The molecule has 0 aliphatic carbocycles. The third-order valence-corrected chi connectivity index (χ3v) is 4.89. The zero-order chi connectivity index (χ0) is 23.3. The summed E-state index contributed by atoms with van der Waals surface area (Å²) in [4.78, 5) is 33.6. The number of amides is 2. The van der Waals surface area contributed by atoms with Gasteiger partial charge in [-0.2, -0.15) is 5.26 Å². The third-order valence-electron chi connectivity index (χ3n) is 4.89. The van der Waals surface area contributed by atoms with Crippen LogP contribution in [0.1, 0.15) is 46.9 Å². The molecule has 1 atom stereocenters. The number of urea groups is 1. The summed E-state index contributed by atoms with van der Waals surface area (Å²) in [6, 6.07) is 4.12. The molecule has 0 bridgehead atoms. The molecule has 0 aromatic carbocycles. The lowest BCUT2D eigenvalue weighted by Crippen LogP contribution is -2.40. The van der Waals surface area contributed by atoms with Crippen LogP contribution in [0.5, 0.6) is 0 Å². The van der Waals surface area contributed by atoms with Gasteiger partial charge >= 0.3 is 6.03 Å². The summed E-state index contributed by atoms with van der Waals surface area (Å²) in [5.74, 6) is 0.356. The number of aldehydes is 1. The van der Waals surface area contributed by atoms with Crippen molar-refractivity contribution in [2.45, 2.75) is 32.2 Å². The standard InChI is InChI=1S/C21H22F2N6O3/c1-12(11-32-2)26-16-7-18(25-9-14(16)8-24)28-21(31)29-5-3-4-13-6-15(19(22)23)17(10-30)27-20(13)29/h6-7,9-10,12,19H,3-5,11H2,1-2H3,(H2,25,26,28,31)/t12-/m1/s1. The monoisotopic (exact) mass is 444 g/mol. The van der Waals surface area contributed by atoms with Gasteiger partial charge in [0.2, 0.25) is 0 Å². The number of halogens is 2. The second-order valence-electron chi connectivity index (χ2n) is 7.28. The molecule has 0 spiro atoms. The number of aromatic nitrogens is 2. The van der Waals surface area contributed by atoms with Crippen LogP contribution >= 0.6 is 0 Å². The molecule has 0 radical (unpaired) electrons. The van der Waals surface area contributed by atoms with Gasteiger partial charge in [0, 0.05) is 37.5 Å². The third kappa shape index (κ3) is 4.97. The number of rotatable bonds is 7. The van der Waals surface area contributed by atoms with E-state index in [1.165, 1.54) is 23.2 Å². The Morgan fingerprint density at radius 3 is 2.88 bits per heavy atom. The summed E-state index contributed by atoms with van der Waals surface area (Å²) in [5.41, 5.74) is 0.399. The fourth-order valence-electron chi connectivity index (χ4n) is 3.46. The van der Waals surface area contributed by atoms with E-state index < -0.39 is 23.7 Å². The highest BCUT2D eigenvalue weighted by molar-refractivity contribution is 6.01. The SMILES string of the molecule is COC[C@@H](C)Nc1cc(NC(=O)N2CCCc3cc(C(F)F)c(C=O)nc32)ncc1C#N.